The zero-order valence-corrected chi connectivity index (χ0v) is 13.0. The molecular weight excluding hydrogens is 268 g/mol. The topological polar surface area (TPSA) is 92.4 Å². The van der Waals surface area contributed by atoms with Crippen LogP contribution in [-0.4, -0.2) is 28.1 Å². The summed E-state index contributed by atoms with van der Waals surface area (Å²) >= 11 is 0. The summed E-state index contributed by atoms with van der Waals surface area (Å²) in [7, 11) is 0. The van der Waals surface area contributed by atoms with Crippen molar-refractivity contribution in [2.45, 2.75) is 82.2 Å². The number of hydrogen-bond donors (Lipinski definition) is 3. The summed E-state index contributed by atoms with van der Waals surface area (Å²) in [5.74, 6) is -0.597. The summed E-state index contributed by atoms with van der Waals surface area (Å²) in [4.78, 5) is 24.3. The van der Waals surface area contributed by atoms with Gasteiger partial charge >= 0.3 is 5.97 Å². The molecule has 5 nitrogen and oxygen atoms in total. The highest BCUT2D eigenvalue weighted by atomic mass is 16.4. The molecule has 0 spiro atoms. The minimum Gasteiger partial charge on any atom is -0.480 e. The monoisotopic (exact) mass is 296 g/mol. The minimum absolute atomic E-state index is 0.264. The maximum Gasteiger partial charge on any atom is 0.329 e. The van der Waals surface area contributed by atoms with Crippen molar-refractivity contribution in [3.63, 3.8) is 0 Å². The van der Waals surface area contributed by atoms with Gasteiger partial charge in [0.15, 0.2) is 0 Å². The lowest BCUT2D eigenvalue weighted by molar-refractivity contribution is -0.151. The second-order valence-electron chi connectivity index (χ2n) is 6.91. The predicted molar refractivity (Wildman–Crippen MR) is 80.8 cm³/mol. The molecule has 0 aromatic carbocycles. The van der Waals surface area contributed by atoms with Crippen LogP contribution in [0.4, 0.5) is 0 Å². The molecule has 2 rings (SSSR count). The van der Waals surface area contributed by atoms with E-state index in [9.17, 15) is 14.7 Å². The molecule has 4 N–H and O–H groups in total. The van der Waals surface area contributed by atoms with E-state index in [0.29, 0.717) is 31.6 Å². The molecular formula is C16H28N2O3. The van der Waals surface area contributed by atoms with Gasteiger partial charge in [-0.15, -0.1) is 0 Å². The Balaban J connectivity index is 2.06. The third kappa shape index (κ3) is 3.39. The maximum absolute atomic E-state index is 12.5. The number of carbonyl (C=O) groups is 2. The van der Waals surface area contributed by atoms with Crippen LogP contribution in [0.25, 0.3) is 0 Å². The summed E-state index contributed by atoms with van der Waals surface area (Å²) in [6.45, 7) is 2.13. The van der Waals surface area contributed by atoms with Gasteiger partial charge in [-0.2, -0.15) is 0 Å². The summed E-state index contributed by atoms with van der Waals surface area (Å²) in [5.41, 5.74) is 4.25. The predicted octanol–water partition coefficient (Wildman–Crippen LogP) is 2.19. The number of carboxylic acids is 1. The molecule has 2 aliphatic carbocycles. The molecule has 0 aromatic heterocycles. The molecule has 0 aromatic rings. The first-order valence-corrected chi connectivity index (χ1v) is 8.27. The molecule has 0 heterocycles. The second-order valence-corrected chi connectivity index (χ2v) is 6.91. The van der Waals surface area contributed by atoms with Gasteiger partial charge in [-0.25, -0.2) is 4.79 Å². The summed E-state index contributed by atoms with van der Waals surface area (Å²) < 4.78 is 0. The van der Waals surface area contributed by atoms with Gasteiger partial charge in [0.1, 0.15) is 5.54 Å². The molecule has 1 amide bonds. The number of carbonyl (C=O) groups excluding carboxylic acids is 1. The van der Waals surface area contributed by atoms with Gasteiger partial charge in [-0.1, -0.05) is 32.6 Å². The quantitative estimate of drug-likeness (QED) is 0.741. The second kappa shape index (κ2) is 6.34. The van der Waals surface area contributed by atoms with Crippen molar-refractivity contribution < 1.29 is 14.7 Å². The summed E-state index contributed by atoms with van der Waals surface area (Å²) in [6, 6.07) is 0. The van der Waals surface area contributed by atoms with Crippen LogP contribution in [0.5, 0.6) is 0 Å². The zero-order valence-electron chi connectivity index (χ0n) is 13.0. The highest BCUT2D eigenvalue weighted by Gasteiger charge is 2.46. The van der Waals surface area contributed by atoms with E-state index in [-0.39, 0.29) is 5.91 Å². The average Bonchev–Trinajstić information content (AvgIpc) is 2.48. The maximum atomic E-state index is 12.5. The molecule has 0 bridgehead atoms. The van der Waals surface area contributed by atoms with E-state index in [1.165, 1.54) is 0 Å². The number of carboxylic acid groups (broad SMARTS) is 1. The number of rotatable bonds is 4. The van der Waals surface area contributed by atoms with Crippen molar-refractivity contribution in [2.75, 3.05) is 0 Å². The van der Waals surface area contributed by atoms with Gasteiger partial charge in [-0.05, 0) is 44.4 Å². The normalized spacial score (nSPS) is 32.4. The Labute approximate surface area is 126 Å². The third-order valence-electron chi connectivity index (χ3n) is 5.50. The third-order valence-corrected chi connectivity index (χ3v) is 5.50. The Morgan fingerprint density at radius 1 is 1.14 bits per heavy atom. The van der Waals surface area contributed by atoms with Crippen LogP contribution in [0.15, 0.2) is 0 Å². The number of amides is 1. The highest BCUT2D eigenvalue weighted by molar-refractivity contribution is 5.92. The Bertz CT molecular complexity index is 394. The van der Waals surface area contributed by atoms with E-state index in [4.69, 9.17) is 5.73 Å². The van der Waals surface area contributed by atoms with Crippen molar-refractivity contribution in [1.82, 2.24) is 5.32 Å². The molecule has 0 unspecified atom stereocenters. The Morgan fingerprint density at radius 3 is 2.19 bits per heavy atom. The molecule has 120 valence electrons. The fourth-order valence-electron chi connectivity index (χ4n) is 3.72. The molecule has 21 heavy (non-hydrogen) atoms. The lowest BCUT2D eigenvalue weighted by Gasteiger charge is -2.40. The molecule has 0 radical (unpaired) electrons. The SMILES string of the molecule is CCC1CCC(NC(=O)C2(N)CCCCC2)(C(=O)O)CC1. The Hall–Kier alpha value is -1.10. The van der Waals surface area contributed by atoms with Crippen molar-refractivity contribution >= 4 is 11.9 Å². The molecule has 0 saturated heterocycles. The number of nitrogens with two attached hydrogens (primary N) is 1. The van der Waals surface area contributed by atoms with Crippen LogP contribution in [0.1, 0.15) is 71.1 Å². The number of nitrogens with one attached hydrogen (secondary N) is 1. The van der Waals surface area contributed by atoms with Crippen LogP contribution in [-0.2, 0) is 9.59 Å². The summed E-state index contributed by atoms with van der Waals surface area (Å²) in [6.07, 6.45) is 8.15. The van der Waals surface area contributed by atoms with Crippen molar-refractivity contribution in [1.29, 1.82) is 0 Å². The molecule has 0 aliphatic heterocycles. The van der Waals surface area contributed by atoms with Gasteiger partial charge in [0, 0.05) is 0 Å². The first kappa shape index (κ1) is 16.3. The minimum atomic E-state index is -1.10. The van der Waals surface area contributed by atoms with E-state index in [2.05, 4.69) is 12.2 Å². The standard InChI is InChI=1S/C16H28N2O3/c1-2-12-6-10-16(11-7-12,14(20)21)18-13(19)15(17)8-4-3-5-9-15/h12H,2-11,17H2,1H3,(H,18,19)(H,20,21). The van der Waals surface area contributed by atoms with Crippen LogP contribution < -0.4 is 11.1 Å². The van der Waals surface area contributed by atoms with Crippen LogP contribution >= 0.6 is 0 Å². The van der Waals surface area contributed by atoms with Crippen molar-refractivity contribution in [2.24, 2.45) is 11.7 Å². The van der Waals surface area contributed by atoms with Crippen LogP contribution in [0.3, 0.4) is 0 Å². The van der Waals surface area contributed by atoms with E-state index in [1.807, 2.05) is 0 Å². The Kier molecular flexibility index (Phi) is 4.91. The molecule has 2 aliphatic rings. The molecule has 0 atom stereocenters. The van der Waals surface area contributed by atoms with E-state index in [0.717, 1.165) is 38.5 Å². The van der Waals surface area contributed by atoms with Gasteiger partial charge < -0.3 is 16.2 Å². The first-order chi connectivity index (χ1) is 9.92. The zero-order chi connectivity index (χ0) is 15.5. The molecule has 2 fully saturated rings. The number of hydrogen-bond acceptors (Lipinski definition) is 3. The van der Waals surface area contributed by atoms with E-state index >= 15 is 0 Å². The van der Waals surface area contributed by atoms with Crippen LogP contribution in [0, 0.1) is 5.92 Å². The fraction of sp³-hybridized carbons (Fsp3) is 0.875. The van der Waals surface area contributed by atoms with E-state index < -0.39 is 17.0 Å². The van der Waals surface area contributed by atoms with Gasteiger partial charge in [0.05, 0.1) is 5.54 Å². The number of aliphatic carboxylic acids is 1. The highest BCUT2D eigenvalue weighted by Crippen LogP contribution is 2.35. The lowest BCUT2D eigenvalue weighted by Crippen LogP contribution is -2.64. The van der Waals surface area contributed by atoms with Crippen LogP contribution in [0.2, 0.25) is 0 Å². The molecule has 2 saturated carbocycles. The smallest absolute Gasteiger partial charge is 0.329 e. The van der Waals surface area contributed by atoms with Crippen molar-refractivity contribution in [3.05, 3.63) is 0 Å². The average molecular weight is 296 g/mol. The van der Waals surface area contributed by atoms with E-state index in [1.54, 1.807) is 0 Å². The van der Waals surface area contributed by atoms with Crippen molar-refractivity contribution in [3.8, 4) is 0 Å². The molecule has 5 heteroatoms. The van der Waals surface area contributed by atoms with Gasteiger partial charge in [0.2, 0.25) is 5.91 Å². The largest absolute Gasteiger partial charge is 0.480 e. The fourth-order valence-corrected chi connectivity index (χ4v) is 3.72. The first-order valence-electron chi connectivity index (χ1n) is 8.27. The summed E-state index contributed by atoms with van der Waals surface area (Å²) in [5, 5.41) is 12.4. The van der Waals surface area contributed by atoms with Gasteiger partial charge in [-0.3, -0.25) is 4.79 Å². The Morgan fingerprint density at radius 2 is 1.71 bits per heavy atom. The van der Waals surface area contributed by atoms with Gasteiger partial charge in [0.25, 0.3) is 0 Å². The lowest BCUT2D eigenvalue weighted by atomic mass is 9.74.